The molecule has 0 saturated carbocycles. The molecule has 118 valence electrons. The van der Waals surface area contributed by atoms with Crippen molar-refractivity contribution in [3.63, 3.8) is 0 Å². The zero-order valence-electron chi connectivity index (χ0n) is 12.7. The Morgan fingerprint density at radius 2 is 2.04 bits per heavy atom. The Morgan fingerprint density at radius 3 is 2.83 bits per heavy atom. The average molecular weight is 311 g/mol. The predicted octanol–water partition coefficient (Wildman–Crippen LogP) is 1.94. The molecule has 0 amide bonds. The van der Waals surface area contributed by atoms with Gasteiger partial charge in [-0.2, -0.15) is 0 Å². The number of nitrogens with one attached hydrogen (secondary N) is 1. The van der Waals surface area contributed by atoms with Crippen molar-refractivity contribution in [2.24, 2.45) is 0 Å². The van der Waals surface area contributed by atoms with Crippen LogP contribution in [0.3, 0.4) is 0 Å². The van der Waals surface area contributed by atoms with Gasteiger partial charge in [-0.1, -0.05) is 0 Å². The second-order valence-electron chi connectivity index (χ2n) is 5.75. The Kier molecular flexibility index (Phi) is 3.77. The van der Waals surface area contributed by atoms with E-state index in [0.29, 0.717) is 0 Å². The number of piperazine rings is 1. The van der Waals surface area contributed by atoms with Crippen LogP contribution in [-0.2, 0) is 6.54 Å². The van der Waals surface area contributed by atoms with Crippen molar-refractivity contribution in [3.8, 4) is 11.3 Å². The van der Waals surface area contributed by atoms with Gasteiger partial charge < -0.3 is 5.32 Å². The monoisotopic (exact) mass is 311 g/mol. The fourth-order valence-corrected chi connectivity index (χ4v) is 3.03. The number of rotatable bonds is 3. The van der Waals surface area contributed by atoms with Crippen LogP contribution in [0.25, 0.3) is 16.9 Å². The maximum Gasteiger partial charge on any atom is 0.139 e. The van der Waals surface area contributed by atoms with Crippen LogP contribution in [0.1, 0.15) is 5.69 Å². The van der Waals surface area contributed by atoms with Gasteiger partial charge in [0, 0.05) is 56.9 Å². The summed E-state index contributed by atoms with van der Waals surface area (Å²) in [5.74, 6) is -0.255. The SMILES string of the molecule is Fc1ccc2nc(-c3cccnc3)c(CN3CCNCC3)n2c1. The molecule has 1 aliphatic rings. The number of fused-ring (bicyclic) bond motifs is 1. The fraction of sp³-hybridized carbons (Fsp3) is 0.294. The lowest BCUT2D eigenvalue weighted by atomic mass is 10.1. The summed E-state index contributed by atoms with van der Waals surface area (Å²) in [4.78, 5) is 11.3. The second-order valence-corrected chi connectivity index (χ2v) is 5.75. The zero-order valence-corrected chi connectivity index (χ0v) is 12.7. The molecule has 23 heavy (non-hydrogen) atoms. The maximum absolute atomic E-state index is 13.7. The molecule has 1 N–H and O–H groups in total. The molecule has 0 spiro atoms. The van der Waals surface area contributed by atoms with E-state index < -0.39 is 0 Å². The van der Waals surface area contributed by atoms with E-state index in [1.807, 2.05) is 16.5 Å². The molecule has 0 radical (unpaired) electrons. The van der Waals surface area contributed by atoms with Crippen molar-refractivity contribution in [2.75, 3.05) is 26.2 Å². The summed E-state index contributed by atoms with van der Waals surface area (Å²) in [5.41, 5.74) is 3.61. The van der Waals surface area contributed by atoms with Crippen LogP contribution >= 0.6 is 0 Å². The van der Waals surface area contributed by atoms with E-state index >= 15 is 0 Å². The van der Waals surface area contributed by atoms with Crippen molar-refractivity contribution in [1.29, 1.82) is 0 Å². The van der Waals surface area contributed by atoms with Crippen LogP contribution in [0, 0.1) is 5.82 Å². The van der Waals surface area contributed by atoms with Crippen molar-refractivity contribution in [2.45, 2.75) is 6.54 Å². The minimum atomic E-state index is -0.255. The third-order valence-corrected chi connectivity index (χ3v) is 4.20. The highest BCUT2D eigenvalue weighted by molar-refractivity contribution is 5.65. The lowest BCUT2D eigenvalue weighted by molar-refractivity contribution is 0.230. The molecular weight excluding hydrogens is 293 g/mol. The number of imidazole rings is 1. The topological polar surface area (TPSA) is 45.5 Å². The van der Waals surface area contributed by atoms with Gasteiger partial charge in [-0.15, -0.1) is 0 Å². The second kappa shape index (κ2) is 6.06. The normalized spacial score (nSPS) is 16.0. The predicted molar refractivity (Wildman–Crippen MR) is 86.5 cm³/mol. The number of hydrogen-bond donors (Lipinski definition) is 1. The van der Waals surface area contributed by atoms with Gasteiger partial charge in [0.15, 0.2) is 0 Å². The molecule has 1 aliphatic heterocycles. The van der Waals surface area contributed by atoms with Crippen LogP contribution in [0.5, 0.6) is 0 Å². The van der Waals surface area contributed by atoms with Crippen molar-refractivity contribution >= 4 is 5.65 Å². The van der Waals surface area contributed by atoms with E-state index in [1.165, 1.54) is 12.3 Å². The van der Waals surface area contributed by atoms with E-state index in [1.54, 1.807) is 18.5 Å². The van der Waals surface area contributed by atoms with Gasteiger partial charge in [-0.05, 0) is 24.3 Å². The van der Waals surface area contributed by atoms with Gasteiger partial charge in [-0.25, -0.2) is 9.37 Å². The van der Waals surface area contributed by atoms with Crippen molar-refractivity contribution < 1.29 is 4.39 Å². The fourth-order valence-electron chi connectivity index (χ4n) is 3.03. The quantitative estimate of drug-likeness (QED) is 0.803. The van der Waals surface area contributed by atoms with Crippen LogP contribution in [0.15, 0.2) is 42.9 Å². The van der Waals surface area contributed by atoms with Gasteiger partial charge in [0.25, 0.3) is 0 Å². The summed E-state index contributed by atoms with van der Waals surface area (Å²) in [7, 11) is 0. The smallest absolute Gasteiger partial charge is 0.139 e. The first kappa shape index (κ1) is 14.3. The summed E-state index contributed by atoms with van der Waals surface area (Å²) in [6.45, 7) is 4.67. The van der Waals surface area contributed by atoms with Gasteiger partial charge in [0.2, 0.25) is 0 Å². The van der Waals surface area contributed by atoms with Crippen molar-refractivity contribution in [1.82, 2.24) is 24.6 Å². The summed E-state index contributed by atoms with van der Waals surface area (Å²) in [5, 5.41) is 3.35. The van der Waals surface area contributed by atoms with E-state index in [9.17, 15) is 4.39 Å². The third-order valence-electron chi connectivity index (χ3n) is 4.20. The first-order valence-corrected chi connectivity index (χ1v) is 7.81. The van der Waals surface area contributed by atoms with Gasteiger partial charge >= 0.3 is 0 Å². The third kappa shape index (κ3) is 2.83. The molecule has 0 atom stereocenters. The van der Waals surface area contributed by atoms with Crippen molar-refractivity contribution in [3.05, 3.63) is 54.4 Å². The Balaban J connectivity index is 1.82. The molecule has 0 aromatic carbocycles. The highest BCUT2D eigenvalue weighted by atomic mass is 19.1. The molecule has 3 aromatic heterocycles. The summed E-state index contributed by atoms with van der Waals surface area (Å²) >= 11 is 0. The number of pyridine rings is 2. The standard InChI is InChI=1S/C17H18FN5/c18-14-3-4-16-21-17(13-2-1-5-20-10-13)15(23(16)11-14)12-22-8-6-19-7-9-22/h1-5,10-11,19H,6-9,12H2. The lowest BCUT2D eigenvalue weighted by Gasteiger charge is -2.27. The lowest BCUT2D eigenvalue weighted by Crippen LogP contribution is -2.43. The number of halogens is 1. The highest BCUT2D eigenvalue weighted by Crippen LogP contribution is 2.25. The zero-order chi connectivity index (χ0) is 15.6. The van der Waals surface area contributed by atoms with Crippen LogP contribution < -0.4 is 5.32 Å². The molecule has 3 aromatic rings. The summed E-state index contributed by atoms with van der Waals surface area (Å²) in [6.07, 6.45) is 5.06. The van der Waals surface area contributed by atoms with Crippen LogP contribution in [-0.4, -0.2) is 45.4 Å². The molecule has 4 rings (SSSR count). The van der Waals surface area contributed by atoms with Gasteiger partial charge in [0.05, 0.1) is 11.4 Å². The highest BCUT2D eigenvalue weighted by Gasteiger charge is 2.18. The van der Waals surface area contributed by atoms with Crippen LogP contribution in [0.2, 0.25) is 0 Å². The molecule has 4 heterocycles. The Bertz CT molecular complexity index is 808. The van der Waals surface area contributed by atoms with Gasteiger partial charge in [0.1, 0.15) is 11.5 Å². The molecule has 1 saturated heterocycles. The minimum Gasteiger partial charge on any atom is -0.314 e. The minimum absolute atomic E-state index is 0.255. The molecule has 5 nitrogen and oxygen atoms in total. The van der Waals surface area contributed by atoms with E-state index in [4.69, 9.17) is 4.98 Å². The molecular formula is C17H18FN5. The molecule has 1 fully saturated rings. The van der Waals surface area contributed by atoms with Gasteiger partial charge in [-0.3, -0.25) is 14.3 Å². The number of aromatic nitrogens is 3. The maximum atomic E-state index is 13.7. The van der Waals surface area contributed by atoms with E-state index in [0.717, 1.165) is 55.3 Å². The number of nitrogens with zero attached hydrogens (tertiary/aromatic N) is 4. The van der Waals surface area contributed by atoms with E-state index in [2.05, 4.69) is 15.2 Å². The molecule has 0 bridgehead atoms. The Morgan fingerprint density at radius 1 is 1.17 bits per heavy atom. The Hall–Kier alpha value is -2.31. The Labute approximate surface area is 133 Å². The van der Waals surface area contributed by atoms with Crippen LogP contribution in [0.4, 0.5) is 4.39 Å². The summed E-state index contributed by atoms with van der Waals surface area (Å²) < 4.78 is 15.6. The molecule has 6 heteroatoms. The first-order valence-electron chi connectivity index (χ1n) is 7.81. The first-order chi connectivity index (χ1) is 11.3. The number of hydrogen-bond acceptors (Lipinski definition) is 4. The largest absolute Gasteiger partial charge is 0.314 e. The molecule has 0 aliphatic carbocycles. The summed E-state index contributed by atoms with van der Waals surface area (Å²) in [6, 6.07) is 7.06. The average Bonchev–Trinajstić information content (AvgIpc) is 2.95. The van der Waals surface area contributed by atoms with E-state index in [-0.39, 0.29) is 5.82 Å². The molecule has 0 unspecified atom stereocenters.